The van der Waals surface area contributed by atoms with E-state index >= 15 is 0 Å². The lowest BCUT2D eigenvalue weighted by molar-refractivity contribution is -0.111. The molecule has 0 saturated carbocycles. The van der Waals surface area contributed by atoms with Crippen molar-refractivity contribution in [1.82, 2.24) is 15.0 Å². The van der Waals surface area contributed by atoms with Crippen molar-refractivity contribution in [2.75, 3.05) is 16.0 Å². The van der Waals surface area contributed by atoms with Crippen molar-refractivity contribution in [3.05, 3.63) is 97.8 Å². The highest BCUT2D eigenvalue weighted by molar-refractivity contribution is 5.98. The number of carbonyl (C=O) groups excluding carboxylic acids is 1. The zero-order chi connectivity index (χ0) is 22.2. The normalized spacial score (nSPS) is 10.1. The molecule has 0 aliphatic rings. The second kappa shape index (κ2) is 9.86. The maximum atomic E-state index is 11.5. The molecule has 0 aliphatic carbocycles. The number of aromatic nitrogens is 3. The number of hydrogen-bond acceptors (Lipinski definition) is 7. The van der Waals surface area contributed by atoms with Gasteiger partial charge in [-0.25, -0.2) is 15.0 Å². The average molecular weight is 424 g/mol. The van der Waals surface area contributed by atoms with Gasteiger partial charge in [0, 0.05) is 11.8 Å². The summed E-state index contributed by atoms with van der Waals surface area (Å²) in [5.74, 6) is 3.27. The maximum absolute atomic E-state index is 11.5. The van der Waals surface area contributed by atoms with Gasteiger partial charge < -0.3 is 20.7 Å². The molecule has 4 aromatic rings. The van der Waals surface area contributed by atoms with Crippen LogP contribution in [0.4, 0.5) is 29.0 Å². The largest absolute Gasteiger partial charge is 0.457 e. The smallest absolute Gasteiger partial charge is 0.248 e. The van der Waals surface area contributed by atoms with Crippen LogP contribution in [0.1, 0.15) is 0 Å². The van der Waals surface area contributed by atoms with Crippen LogP contribution in [0.3, 0.4) is 0 Å². The molecule has 3 N–H and O–H groups in total. The summed E-state index contributed by atoms with van der Waals surface area (Å²) in [6, 6.07) is 24.1. The van der Waals surface area contributed by atoms with Crippen molar-refractivity contribution in [3.63, 3.8) is 0 Å². The molecule has 0 aliphatic heterocycles. The summed E-state index contributed by atoms with van der Waals surface area (Å²) >= 11 is 0. The third-order valence-electron chi connectivity index (χ3n) is 4.21. The lowest BCUT2D eigenvalue weighted by atomic mass is 10.3. The summed E-state index contributed by atoms with van der Waals surface area (Å²) in [5, 5.41) is 8.95. The summed E-state index contributed by atoms with van der Waals surface area (Å²) in [5.41, 5.74) is 0.849. The van der Waals surface area contributed by atoms with Crippen molar-refractivity contribution in [2.45, 2.75) is 0 Å². The minimum Gasteiger partial charge on any atom is -0.457 e. The minimum absolute atomic E-state index is 0.330. The predicted octanol–water partition coefficient (Wildman–Crippen LogP) is 5.28. The van der Waals surface area contributed by atoms with Crippen molar-refractivity contribution in [3.8, 4) is 11.5 Å². The Balaban J connectivity index is 1.40. The van der Waals surface area contributed by atoms with Gasteiger partial charge in [0.1, 0.15) is 41.1 Å². The molecule has 0 saturated heterocycles. The van der Waals surface area contributed by atoms with Gasteiger partial charge in [0.05, 0.1) is 0 Å². The molecule has 32 heavy (non-hydrogen) atoms. The topological polar surface area (TPSA) is 101 Å². The molecule has 4 rings (SSSR count). The third-order valence-corrected chi connectivity index (χ3v) is 4.21. The van der Waals surface area contributed by atoms with Crippen LogP contribution in [0.25, 0.3) is 0 Å². The van der Waals surface area contributed by atoms with E-state index in [0.29, 0.717) is 23.3 Å². The van der Waals surface area contributed by atoms with Crippen LogP contribution in [0.15, 0.2) is 97.8 Å². The Kier molecular flexibility index (Phi) is 6.33. The Labute approximate surface area is 185 Å². The van der Waals surface area contributed by atoms with E-state index in [-0.39, 0.29) is 5.91 Å². The van der Waals surface area contributed by atoms with E-state index in [0.717, 1.165) is 17.2 Å². The van der Waals surface area contributed by atoms with Crippen LogP contribution in [-0.4, -0.2) is 20.9 Å². The number of pyridine rings is 1. The molecule has 1 amide bonds. The van der Waals surface area contributed by atoms with Crippen LogP contribution in [0.5, 0.6) is 11.5 Å². The molecular weight excluding hydrogens is 404 g/mol. The molecule has 158 valence electrons. The van der Waals surface area contributed by atoms with Gasteiger partial charge in [0.15, 0.2) is 0 Å². The monoisotopic (exact) mass is 424 g/mol. The number of ether oxygens (including phenoxy) is 1. The van der Waals surface area contributed by atoms with Gasteiger partial charge in [-0.15, -0.1) is 0 Å². The SMILES string of the molecule is C=CC(=O)Nc1cccc(Nc2cc(Nc3ccc(Oc4ccccc4)cc3)ncn2)n1. The maximum Gasteiger partial charge on any atom is 0.248 e. The zero-order valence-electron chi connectivity index (χ0n) is 17.0. The quantitative estimate of drug-likeness (QED) is 0.331. The van der Waals surface area contributed by atoms with Crippen LogP contribution < -0.4 is 20.7 Å². The Morgan fingerprint density at radius 2 is 1.47 bits per heavy atom. The molecule has 0 radical (unpaired) electrons. The molecule has 0 bridgehead atoms. The van der Waals surface area contributed by atoms with E-state index in [9.17, 15) is 4.79 Å². The van der Waals surface area contributed by atoms with Gasteiger partial charge in [0.25, 0.3) is 0 Å². The number of nitrogens with one attached hydrogen (secondary N) is 3. The van der Waals surface area contributed by atoms with Crippen molar-refractivity contribution in [1.29, 1.82) is 0 Å². The first kappa shape index (κ1) is 20.5. The number of carbonyl (C=O) groups is 1. The molecule has 2 aromatic carbocycles. The fourth-order valence-corrected chi connectivity index (χ4v) is 2.76. The fraction of sp³-hybridized carbons (Fsp3) is 0. The van der Waals surface area contributed by atoms with Crippen LogP contribution >= 0.6 is 0 Å². The number of amides is 1. The predicted molar refractivity (Wildman–Crippen MR) is 125 cm³/mol. The summed E-state index contributed by atoms with van der Waals surface area (Å²) in [6.07, 6.45) is 2.63. The van der Waals surface area contributed by atoms with E-state index in [1.807, 2.05) is 54.6 Å². The van der Waals surface area contributed by atoms with E-state index in [1.165, 1.54) is 12.4 Å². The molecule has 2 aromatic heterocycles. The lowest BCUT2D eigenvalue weighted by Crippen LogP contribution is -2.09. The number of anilines is 5. The van der Waals surface area contributed by atoms with Gasteiger partial charge in [-0.1, -0.05) is 30.8 Å². The lowest BCUT2D eigenvalue weighted by Gasteiger charge is -2.10. The Hall–Kier alpha value is -4.72. The molecule has 0 spiro atoms. The Bertz CT molecular complexity index is 1210. The van der Waals surface area contributed by atoms with Crippen molar-refractivity contribution < 1.29 is 9.53 Å². The van der Waals surface area contributed by atoms with E-state index in [4.69, 9.17) is 4.74 Å². The molecular formula is C24H20N6O2. The van der Waals surface area contributed by atoms with E-state index < -0.39 is 0 Å². The van der Waals surface area contributed by atoms with E-state index in [2.05, 4.69) is 37.5 Å². The van der Waals surface area contributed by atoms with Crippen LogP contribution in [0.2, 0.25) is 0 Å². The highest BCUT2D eigenvalue weighted by Crippen LogP contribution is 2.24. The van der Waals surface area contributed by atoms with Crippen molar-refractivity contribution in [2.24, 2.45) is 0 Å². The van der Waals surface area contributed by atoms with Gasteiger partial charge in [-0.05, 0) is 54.6 Å². The third kappa shape index (κ3) is 5.67. The van der Waals surface area contributed by atoms with Gasteiger partial charge in [-0.3, -0.25) is 4.79 Å². The summed E-state index contributed by atoms with van der Waals surface area (Å²) in [4.78, 5) is 24.3. The molecule has 8 nitrogen and oxygen atoms in total. The summed E-state index contributed by atoms with van der Waals surface area (Å²) in [7, 11) is 0. The number of benzene rings is 2. The number of para-hydroxylation sites is 1. The molecule has 2 heterocycles. The highest BCUT2D eigenvalue weighted by Gasteiger charge is 2.04. The first-order valence-electron chi connectivity index (χ1n) is 9.77. The molecule has 0 fully saturated rings. The second-order valence-corrected chi connectivity index (χ2v) is 6.58. The second-order valence-electron chi connectivity index (χ2n) is 6.58. The summed E-state index contributed by atoms with van der Waals surface area (Å²) < 4.78 is 5.81. The van der Waals surface area contributed by atoms with Gasteiger partial charge in [-0.2, -0.15) is 0 Å². The first-order valence-corrected chi connectivity index (χ1v) is 9.77. The number of nitrogens with zero attached hydrogens (tertiary/aromatic N) is 3. The van der Waals surface area contributed by atoms with E-state index in [1.54, 1.807) is 24.3 Å². The fourth-order valence-electron chi connectivity index (χ4n) is 2.76. The first-order chi connectivity index (χ1) is 15.7. The van der Waals surface area contributed by atoms with Gasteiger partial charge >= 0.3 is 0 Å². The zero-order valence-corrected chi connectivity index (χ0v) is 17.0. The highest BCUT2D eigenvalue weighted by atomic mass is 16.5. The molecule has 0 unspecified atom stereocenters. The molecule has 8 heteroatoms. The number of rotatable bonds is 8. The Morgan fingerprint density at radius 1 is 0.781 bits per heavy atom. The van der Waals surface area contributed by atoms with Crippen molar-refractivity contribution >= 4 is 34.9 Å². The number of hydrogen-bond donors (Lipinski definition) is 3. The average Bonchev–Trinajstić information content (AvgIpc) is 2.81. The summed E-state index contributed by atoms with van der Waals surface area (Å²) in [6.45, 7) is 3.43. The van der Waals surface area contributed by atoms with Gasteiger partial charge in [0.2, 0.25) is 5.91 Å². The standard InChI is InChI=1S/C24H20N6O2/c1-2-24(31)30-21-10-6-9-20(28-21)29-23-15-22(25-16-26-23)27-17-11-13-19(14-12-17)32-18-7-4-3-5-8-18/h2-16H,1H2,(H3,25,26,27,28,29,30,31). The Morgan fingerprint density at radius 3 is 2.22 bits per heavy atom. The van der Waals surface area contributed by atoms with Crippen LogP contribution in [0, 0.1) is 0 Å². The van der Waals surface area contributed by atoms with Crippen LogP contribution in [-0.2, 0) is 4.79 Å². The molecule has 0 atom stereocenters. The minimum atomic E-state index is -0.330.